The second kappa shape index (κ2) is 6.29. The first-order chi connectivity index (χ1) is 13.6. The first kappa shape index (κ1) is 19.5. The molecule has 2 aliphatic heterocycles. The number of aliphatic hydroxyl groups excluding tert-OH is 1. The second-order valence-corrected chi connectivity index (χ2v) is 10.0. The topological polar surface area (TPSA) is 103 Å². The number of nitrogens with one attached hydrogen (secondary N) is 1. The molecule has 7 atom stereocenters. The maximum atomic E-state index is 12.3. The third-order valence-electron chi connectivity index (χ3n) is 8.24. The van der Waals surface area contributed by atoms with E-state index in [4.69, 9.17) is 14.0 Å². The number of ether oxygens (including phenoxy) is 1. The molecular formula is C20H29BN2O6. The van der Waals surface area contributed by atoms with Crippen molar-refractivity contribution in [2.24, 2.45) is 17.3 Å². The molecule has 2 bridgehead atoms. The van der Waals surface area contributed by atoms with Crippen LogP contribution in [-0.4, -0.2) is 46.2 Å². The van der Waals surface area contributed by atoms with Crippen LogP contribution in [0.5, 0.6) is 0 Å². The first-order valence-electron chi connectivity index (χ1n) is 10.6. The predicted octanol–water partition coefficient (Wildman–Crippen LogP) is 1.22. The summed E-state index contributed by atoms with van der Waals surface area (Å²) in [5.41, 5.74) is -0.548. The largest absolute Gasteiger partial charge is 0.463 e. The van der Waals surface area contributed by atoms with Crippen molar-refractivity contribution >= 4 is 7.12 Å². The fourth-order valence-corrected chi connectivity index (χ4v) is 6.27. The number of hydrogen-bond acceptors (Lipinski definition) is 6. The first-order valence-corrected chi connectivity index (χ1v) is 10.6. The van der Waals surface area contributed by atoms with E-state index < -0.39 is 30.7 Å². The van der Waals surface area contributed by atoms with E-state index >= 15 is 0 Å². The summed E-state index contributed by atoms with van der Waals surface area (Å²) in [5, 5.41) is 9.91. The Balaban J connectivity index is 1.39. The number of rotatable bonds is 3. The van der Waals surface area contributed by atoms with E-state index in [1.165, 1.54) is 17.2 Å². The van der Waals surface area contributed by atoms with Gasteiger partial charge in [-0.15, -0.1) is 0 Å². The predicted molar refractivity (Wildman–Crippen MR) is 106 cm³/mol. The number of nitrogens with zero attached hydrogens (tertiary/aromatic N) is 1. The average Bonchev–Trinajstić information content (AvgIpc) is 3.24. The molecule has 3 saturated carbocycles. The minimum atomic E-state index is -0.576. The fourth-order valence-electron chi connectivity index (χ4n) is 6.27. The molecular weight excluding hydrogens is 375 g/mol. The summed E-state index contributed by atoms with van der Waals surface area (Å²) in [4.78, 5) is 26.3. The van der Waals surface area contributed by atoms with E-state index in [1.807, 2.05) is 0 Å². The second-order valence-electron chi connectivity index (χ2n) is 10.0. The standard InChI is InChI=1S/C20H29BN2O6/c1-10-8-23(18(26)22-17(10)25)16-7-12(13(9-24)27-16)21-28-15-6-11-5-14(19(11,2)3)20(15,4)29-21/h8,11-16,24H,5-7,9H2,1-4H3,(H,22,25,26)/t11-,12-,13+,14-,15+,16+,20-/m0/s1. The van der Waals surface area contributed by atoms with Crippen LogP contribution in [0, 0.1) is 24.2 Å². The third-order valence-corrected chi connectivity index (χ3v) is 8.24. The quantitative estimate of drug-likeness (QED) is 0.735. The summed E-state index contributed by atoms with van der Waals surface area (Å²) in [6.45, 7) is 8.27. The monoisotopic (exact) mass is 404 g/mol. The molecule has 0 aromatic carbocycles. The Morgan fingerprint density at radius 1 is 1.28 bits per heavy atom. The van der Waals surface area contributed by atoms with Crippen LogP contribution in [-0.2, 0) is 14.0 Å². The van der Waals surface area contributed by atoms with Gasteiger partial charge in [0.25, 0.3) is 5.56 Å². The van der Waals surface area contributed by atoms with Crippen molar-refractivity contribution in [2.45, 2.75) is 76.8 Å². The zero-order valence-corrected chi connectivity index (χ0v) is 17.4. The lowest BCUT2D eigenvalue weighted by Crippen LogP contribution is -2.65. The molecule has 0 radical (unpaired) electrons. The highest BCUT2D eigenvalue weighted by atomic mass is 16.7. The van der Waals surface area contributed by atoms with E-state index in [0.29, 0.717) is 23.8 Å². The van der Waals surface area contributed by atoms with Gasteiger partial charge < -0.3 is 19.2 Å². The smallest absolute Gasteiger partial charge is 0.405 e. The van der Waals surface area contributed by atoms with Crippen molar-refractivity contribution in [1.82, 2.24) is 9.55 Å². The van der Waals surface area contributed by atoms with Crippen LogP contribution in [0.25, 0.3) is 0 Å². The zero-order chi connectivity index (χ0) is 20.7. The lowest BCUT2D eigenvalue weighted by atomic mass is 9.43. The van der Waals surface area contributed by atoms with Gasteiger partial charge in [0.15, 0.2) is 0 Å². The van der Waals surface area contributed by atoms with E-state index in [2.05, 4.69) is 25.8 Å². The van der Waals surface area contributed by atoms with Crippen molar-refractivity contribution in [3.8, 4) is 0 Å². The Morgan fingerprint density at radius 2 is 2.03 bits per heavy atom. The molecule has 29 heavy (non-hydrogen) atoms. The summed E-state index contributed by atoms with van der Waals surface area (Å²) in [6.07, 6.45) is 3.15. The zero-order valence-electron chi connectivity index (χ0n) is 17.4. The summed E-state index contributed by atoms with van der Waals surface area (Å²) >= 11 is 0. The summed E-state index contributed by atoms with van der Waals surface area (Å²) in [7, 11) is -0.470. The minimum Gasteiger partial charge on any atom is -0.405 e. The molecule has 0 spiro atoms. The number of aliphatic hydroxyl groups is 1. The van der Waals surface area contributed by atoms with Crippen molar-refractivity contribution < 1.29 is 19.2 Å². The fraction of sp³-hybridized carbons (Fsp3) is 0.800. The SMILES string of the molecule is Cc1cn([C@H]2C[C@H](B3O[C@@H]4C[C@@H]5C[C@@H](C5(C)C)[C@]4(C)O3)[C@@H](CO)O2)c(=O)[nH]c1=O. The molecule has 3 heterocycles. The molecule has 9 heteroatoms. The Kier molecular flexibility index (Phi) is 4.24. The van der Waals surface area contributed by atoms with E-state index in [0.717, 1.165) is 6.42 Å². The molecule has 1 aromatic heterocycles. The molecule has 2 saturated heterocycles. The highest BCUT2D eigenvalue weighted by Gasteiger charge is 2.69. The number of aromatic amines is 1. The van der Waals surface area contributed by atoms with Gasteiger partial charge >= 0.3 is 12.8 Å². The van der Waals surface area contributed by atoms with Gasteiger partial charge in [0, 0.05) is 17.6 Å². The normalized spacial score (nSPS) is 42.6. The van der Waals surface area contributed by atoms with Gasteiger partial charge in [-0.1, -0.05) is 13.8 Å². The highest BCUT2D eigenvalue weighted by Crippen LogP contribution is 2.66. The summed E-state index contributed by atoms with van der Waals surface area (Å²) in [6, 6.07) is 0. The molecule has 6 rings (SSSR count). The Morgan fingerprint density at radius 3 is 2.72 bits per heavy atom. The van der Waals surface area contributed by atoms with Crippen molar-refractivity contribution in [3.05, 3.63) is 32.6 Å². The van der Waals surface area contributed by atoms with Gasteiger partial charge in [0.05, 0.1) is 24.4 Å². The van der Waals surface area contributed by atoms with Crippen LogP contribution in [0.2, 0.25) is 5.82 Å². The van der Waals surface area contributed by atoms with Crippen LogP contribution in [0.3, 0.4) is 0 Å². The molecule has 1 aromatic rings. The maximum absolute atomic E-state index is 12.3. The molecule has 8 nitrogen and oxygen atoms in total. The minimum absolute atomic E-state index is 0.0562. The Bertz CT molecular complexity index is 944. The van der Waals surface area contributed by atoms with Crippen LogP contribution in [0.4, 0.5) is 0 Å². The molecule has 3 aliphatic carbocycles. The molecule has 2 N–H and O–H groups in total. The van der Waals surface area contributed by atoms with Crippen LogP contribution in [0.15, 0.2) is 15.8 Å². The summed E-state index contributed by atoms with van der Waals surface area (Å²) < 4.78 is 20.3. The molecule has 5 fully saturated rings. The number of hydrogen-bond donors (Lipinski definition) is 2. The van der Waals surface area contributed by atoms with Gasteiger partial charge in [-0.05, 0) is 50.4 Å². The van der Waals surface area contributed by atoms with Crippen molar-refractivity contribution in [1.29, 1.82) is 0 Å². The van der Waals surface area contributed by atoms with Gasteiger partial charge in [-0.25, -0.2) is 4.79 Å². The lowest BCUT2D eigenvalue weighted by Gasteiger charge is -2.64. The molecule has 0 unspecified atom stereocenters. The maximum Gasteiger partial charge on any atom is 0.463 e. The number of aryl methyl sites for hydroxylation is 1. The summed E-state index contributed by atoms with van der Waals surface area (Å²) in [5.74, 6) is 0.933. The highest BCUT2D eigenvalue weighted by molar-refractivity contribution is 6.47. The van der Waals surface area contributed by atoms with Gasteiger partial charge in [-0.3, -0.25) is 14.3 Å². The van der Waals surface area contributed by atoms with Crippen LogP contribution >= 0.6 is 0 Å². The van der Waals surface area contributed by atoms with Crippen LogP contribution in [0.1, 0.15) is 51.8 Å². The Labute approximate surface area is 169 Å². The molecule has 0 amide bonds. The average molecular weight is 404 g/mol. The molecule has 5 aliphatic rings. The lowest BCUT2D eigenvalue weighted by molar-refractivity contribution is -0.199. The van der Waals surface area contributed by atoms with Gasteiger partial charge in [0.2, 0.25) is 0 Å². The van der Waals surface area contributed by atoms with Crippen LogP contribution < -0.4 is 11.2 Å². The Hall–Kier alpha value is -1.42. The van der Waals surface area contributed by atoms with E-state index in [-0.39, 0.29) is 29.5 Å². The number of H-pyrrole nitrogens is 1. The van der Waals surface area contributed by atoms with E-state index in [9.17, 15) is 14.7 Å². The van der Waals surface area contributed by atoms with Crippen molar-refractivity contribution in [2.75, 3.05) is 6.61 Å². The molecule has 158 valence electrons. The van der Waals surface area contributed by atoms with Gasteiger partial charge in [0.1, 0.15) is 6.23 Å². The van der Waals surface area contributed by atoms with E-state index in [1.54, 1.807) is 6.92 Å². The number of aromatic nitrogens is 2. The third kappa shape index (κ3) is 2.67. The van der Waals surface area contributed by atoms with Crippen molar-refractivity contribution in [3.63, 3.8) is 0 Å². The van der Waals surface area contributed by atoms with Gasteiger partial charge in [-0.2, -0.15) is 0 Å².